The summed E-state index contributed by atoms with van der Waals surface area (Å²) < 4.78 is 0. The highest BCUT2D eigenvalue weighted by atomic mass is 16.4. The van der Waals surface area contributed by atoms with Gasteiger partial charge in [0.05, 0.1) is 6.04 Å². The summed E-state index contributed by atoms with van der Waals surface area (Å²) in [5.74, 6) is -1.16. The molecule has 0 aliphatic carbocycles. The van der Waals surface area contributed by atoms with Gasteiger partial charge in [-0.15, -0.1) is 0 Å². The first-order valence-corrected chi connectivity index (χ1v) is 5.66. The third-order valence-corrected chi connectivity index (χ3v) is 3.53. The lowest BCUT2D eigenvalue weighted by Crippen LogP contribution is -2.39. The molecule has 3 amide bonds. The fourth-order valence-electron chi connectivity index (χ4n) is 2.78. The zero-order valence-corrected chi connectivity index (χ0v) is 9.68. The molecule has 2 aliphatic rings. The van der Waals surface area contributed by atoms with E-state index in [1.54, 1.807) is 24.3 Å². The first-order chi connectivity index (χ1) is 9.02. The predicted molar refractivity (Wildman–Crippen MR) is 61.5 cm³/mol. The van der Waals surface area contributed by atoms with Crippen molar-refractivity contribution in [1.29, 1.82) is 0 Å². The topological polar surface area (TPSA) is 98.2 Å². The molecule has 0 spiro atoms. The fourth-order valence-corrected chi connectivity index (χ4v) is 2.78. The van der Waals surface area contributed by atoms with E-state index < -0.39 is 30.2 Å². The number of carboxylic acid groups (broad SMARTS) is 2. The summed E-state index contributed by atoms with van der Waals surface area (Å²) in [5.41, 5.74) is 1.06. The number of carbonyl (C=O) groups excluding carboxylic acids is 1. The molecule has 1 aromatic rings. The average molecular weight is 262 g/mol. The first kappa shape index (κ1) is 11.5. The van der Waals surface area contributed by atoms with Gasteiger partial charge in [-0.3, -0.25) is 0 Å². The van der Waals surface area contributed by atoms with E-state index in [1.165, 1.54) is 0 Å². The zero-order valence-electron chi connectivity index (χ0n) is 9.68. The molecular formula is C12H10N2O5. The highest BCUT2D eigenvalue weighted by Crippen LogP contribution is 2.43. The molecule has 2 N–H and O–H groups in total. The van der Waals surface area contributed by atoms with Gasteiger partial charge in [0.15, 0.2) is 6.04 Å². The minimum absolute atomic E-state index is 0.0825. The van der Waals surface area contributed by atoms with Gasteiger partial charge < -0.3 is 15.1 Å². The van der Waals surface area contributed by atoms with Crippen molar-refractivity contribution in [2.75, 3.05) is 6.54 Å². The maximum atomic E-state index is 12.0. The van der Waals surface area contributed by atoms with Crippen LogP contribution >= 0.6 is 0 Å². The Hall–Kier alpha value is -2.57. The molecule has 3 rings (SSSR count). The molecule has 0 aromatic heterocycles. The minimum atomic E-state index is -1.36. The maximum absolute atomic E-state index is 12.0. The number of urea groups is 1. The maximum Gasteiger partial charge on any atom is 0.416 e. The van der Waals surface area contributed by atoms with Gasteiger partial charge in [-0.05, 0) is 11.1 Å². The lowest BCUT2D eigenvalue weighted by atomic mass is 9.91. The Balaban J connectivity index is 2.20. The summed E-state index contributed by atoms with van der Waals surface area (Å²) >= 11 is 0. The van der Waals surface area contributed by atoms with Crippen LogP contribution in [0.15, 0.2) is 24.3 Å². The summed E-state index contributed by atoms with van der Waals surface area (Å²) in [5, 5.41) is 18.4. The van der Waals surface area contributed by atoms with Gasteiger partial charge in [-0.1, -0.05) is 24.3 Å². The number of carboxylic acids is 1. The molecule has 2 aliphatic heterocycles. The number of amides is 3. The van der Waals surface area contributed by atoms with E-state index in [4.69, 9.17) is 5.11 Å². The van der Waals surface area contributed by atoms with Crippen molar-refractivity contribution < 1.29 is 24.6 Å². The molecule has 0 saturated carbocycles. The Morgan fingerprint density at radius 3 is 2.37 bits per heavy atom. The second kappa shape index (κ2) is 3.71. The molecule has 7 heteroatoms. The standard InChI is InChI=1S/C12H10N2O5/c15-10(16)9-7-4-2-1-3-6(7)8-5-13(9)11(17)14(8)12(18)19/h1-4,8-9H,5H2,(H,15,16)(H,18,19)/t8-,9+/m0/s1. The van der Waals surface area contributed by atoms with Crippen molar-refractivity contribution in [3.8, 4) is 0 Å². The van der Waals surface area contributed by atoms with Crippen molar-refractivity contribution in [3.05, 3.63) is 35.4 Å². The summed E-state index contributed by atoms with van der Waals surface area (Å²) in [6.45, 7) is 0.0825. The van der Waals surface area contributed by atoms with Crippen LogP contribution in [-0.4, -0.2) is 44.7 Å². The van der Waals surface area contributed by atoms with E-state index in [-0.39, 0.29) is 6.54 Å². The van der Waals surface area contributed by atoms with Gasteiger partial charge in [-0.2, -0.15) is 0 Å². The molecule has 98 valence electrons. The highest BCUT2D eigenvalue weighted by Gasteiger charge is 2.52. The average Bonchev–Trinajstić information content (AvgIpc) is 2.64. The van der Waals surface area contributed by atoms with E-state index in [9.17, 15) is 19.5 Å². The van der Waals surface area contributed by atoms with Crippen molar-refractivity contribution in [2.45, 2.75) is 12.1 Å². The predicted octanol–water partition coefficient (Wildman–Crippen LogP) is 1.28. The molecule has 1 fully saturated rings. The Kier molecular flexibility index (Phi) is 2.25. The molecule has 1 saturated heterocycles. The first-order valence-electron chi connectivity index (χ1n) is 5.66. The van der Waals surface area contributed by atoms with Crippen molar-refractivity contribution >= 4 is 18.1 Å². The normalized spacial score (nSPS) is 24.3. The molecule has 1 aromatic carbocycles. The van der Waals surface area contributed by atoms with Crippen molar-refractivity contribution in [3.63, 3.8) is 0 Å². The second-order valence-electron chi connectivity index (χ2n) is 4.47. The molecule has 0 radical (unpaired) electrons. The molecule has 2 heterocycles. The van der Waals surface area contributed by atoms with E-state index in [0.717, 1.165) is 4.90 Å². The second-order valence-corrected chi connectivity index (χ2v) is 4.47. The Morgan fingerprint density at radius 1 is 1.16 bits per heavy atom. The quantitative estimate of drug-likeness (QED) is 0.794. The smallest absolute Gasteiger partial charge is 0.416 e. The van der Waals surface area contributed by atoms with Crippen LogP contribution in [0.5, 0.6) is 0 Å². The molecule has 0 unspecified atom stereocenters. The van der Waals surface area contributed by atoms with E-state index in [2.05, 4.69) is 0 Å². The van der Waals surface area contributed by atoms with Crippen molar-refractivity contribution in [1.82, 2.24) is 9.80 Å². The molecule has 2 atom stereocenters. The zero-order chi connectivity index (χ0) is 13.7. The lowest BCUT2D eigenvalue weighted by Gasteiger charge is -2.29. The summed E-state index contributed by atoms with van der Waals surface area (Å²) in [6.07, 6.45) is -1.36. The van der Waals surface area contributed by atoms with E-state index in [0.29, 0.717) is 16.0 Å². The Labute approximate surface area is 107 Å². The number of rotatable bonds is 1. The van der Waals surface area contributed by atoms with Crippen LogP contribution in [0.4, 0.5) is 9.59 Å². The monoisotopic (exact) mass is 262 g/mol. The molecular weight excluding hydrogens is 252 g/mol. The summed E-state index contributed by atoms with van der Waals surface area (Å²) in [7, 11) is 0. The third-order valence-electron chi connectivity index (χ3n) is 3.53. The van der Waals surface area contributed by atoms with Crippen LogP contribution in [0.1, 0.15) is 23.2 Å². The fraction of sp³-hybridized carbons (Fsp3) is 0.250. The number of fused-ring (bicyclic) bond motifs is 4. The molecule has 19 heavy (non-hydrogen) atoms. The van der Waals surface area contributed by atoms with Crippen LogP contribution in [0, 0.1) is 0 Å². The van der Waals surface area contributed by atoms with E-state index in [1.807, 2.05) is 0 Å². The third kappa shape index (κ3) is 1.41. The van der Waals surface area contributed by atoms with Gasteiger partial charge >= 0.3 is 18.1 Å². The number of benzene rings is 1. The van der Waals surface area contributed by atoms with Crippen molar-refractivity contribution in [2.24, 2.45) is 0 Å². The van der Waals surface area contributed by atoms with Crippen LogP contribution < -0.4 is 0 Å². The Morgan fingerprint density at radius 2 is 1.79 bits per heavy atom. The highest BCUT2D eigenvalue weighted by molar-refractivity contribution is 5.96. The number of aliphatic carboxylic acids is 1. The van der Waals surface area contributed by atoms with Crippen LogP contribution in [-0.2, 0) is 4.79 Å². The van der Waals surface area contributed by atoms with Gasteiger partial charge in [0.2, 0.25) is 0 Å². The van der Waals surface area contributed by atoms with Gasteiger partial charge in [0, 0.05) is 6.54 Å². The number of hydrogen-bond acceptors (Lipinski definition) is 3. The number of hydrogen-bond donors (Lipinski definition) is 2. The van der Waals surface area contributed by atoms with Crippen LogP contribution in [0.3, 0.4) is 0 Å². The molecule has 2 bridgehead atoms. The largest absolute Gasteiger partial charge is 0.479 e. The van der Waals surface area contributed by atoms with Gasteiger partial charge in [0.25, 0.3) is 0 Å². The Bertz CT molecular complexity index is 600. The number of imide groups is 1. The number of nitrogens with zero attached hydrogens (tertiary/aromatic N) is 2. The SMILES string of the molecule is O=C(O)[C@H]1c2ccccc2[C@@H]2CN1C(=O)N2C(=O)O. The van der Waals surface area contributed by atoms with Gasteiger partial charge in [0.1, 0.15) is 0 Å². The van der Waals surface area contributed by atoms with Crippen LogP contribution in [0.2, 0.25) is 0 Å². The lowest BCUT2D eigenvalue weighted by molar-refractivity contribution is -0.142. The number of carbonyl (C=O) groups is 3. The van der Waals surface area contributed by atoms with Crippen LogP contribution in [0.25, 0.3) is 0 Å². The van der Waals surface area contributed by atoms with Gasteiger partial charge in [-0.25, -0.2) is 19.3 Å². The van der Waals surface area contributed by atoms with E-state index >= 15 is 0 Å². The minimum Gasteiger partial charge on any atom is -0.479 e. The summed E-state index contributed by atoms with van der Waals surface area (Å²) in [4.78, 5) is 36.3. The summed E-state index contributed by atoms with van der Waals surface area (Å²) in [6, 6.07) is 4.14. The molecule has 7 nitrogen and oxygen atoms in total.